The minimum absolute atomic E-state index is 0. The molecule has 1 atom stereocenters. The molecule has 0 rings (SSSR count). The van der Waals surface area contributed by atoms with Crippen molar-refractivity contribution in [2.75, 3.05) is 19.6 Å². The van der Waals surface area contributed by atoms with Crippen molar-refractivity contribution in [2.45, 2.75) is 13.0 Å². The summed E-state index contributed by atoms with van der Waals surface area (Å²) >= 11 is 0. The topological polar surface area (TPSA) is 98.1 Å². The van der Waals surface area contributed by atoms with E-state index in [4.69, 9.17) is 15.3 Å². The third kappa shape index (κ3) is 9.94. The van der Waals surface area contributed by atoms with E-state index >= 15 is 0 Å². The van der Waals surface area contributed by atoms with Crippen molar-refractivity contribution in [3.8, 4) is 0 Å². The molecule has 0 bridgehead atoms. The number of carboxylic acid groups (broad SMARTS) is 2. The Bertz CT molecular complexity index is 181. The maximum absolute atomic E-state index is 10.3. The van der Waals surface area contributed by atoms with Crippen molar-refractivity contribution < 1.29 is 54.5 Å². The average Bonchev–Trinajstić information content (AvgIpc) is 1.80. The minimum Gasteiger partial charge on any atom is -0.480 e. The van der Waals surface area contributed by atoms with Gasteiger partial charge in [-0.05, 0) is 6.92 Å². The maximum atomic E-state index is 10.3. The summed E-state index contributed by atoms with van der Waals surface area (Å²) in [5.74, 6) is -2.22. The van der Waals surface area contributed by atoms with Crippen LogP contribution in [-0.4, -0.2) is 57.9 Å². The third-order valence-corrected chi connectivity index (χ3v) is 1.24. The first-order valence-corrected chi connectivity index (χ1v) is 3.76. The molecular formula is C7H13NNaO5+. The molecule has 0 amide bonds. The summed E-state index contributed by atoms with van der Waals surface area (Å²) in [5.41, 5.74) is 0. The fourth-order valence-electron chi connectivity index (χ4n) is 0.941. The molecule has 0 aromatic carbocycles. The number of hydrogen-bond donors (Lipinski definition) is 3. The summed E-state index contributed by atoms with van der Waals surface area (Å²) in [4.78, 5) is 21.7. The van der Waals surface area contributed by atoms with E-state index in [-0.39, 0.29) is 49.2 Å². The van der Waals surface area contributed by atoms with Crippen molar-refractivity contribution in [3.05, 3.63) is 0 Å². The first-order chi connectivity index (χ1) is 5.91. The van der Waals surface area contributed by atoms with Gasteiger partial charge in [0.05, 0.1) is 19.2 Å². The normalized spacial score (nSPS) is 11.9. The van der Waals surface area contributed by atoms with Crippen LogP contribution >= 0.6 is 0 Å². The van der Waals surface area contributed by atoms with Crippen molar-refractivity contribution >= 4 is 11.9 Å². The summed E-state index contributed by atoms with van der Waals surface area (Å²) in [6.45, 7) is 0.754. The Morgan fingerprint density at radius 2 is 1.57 bits per heavy atom. The summed E-state index contributed by atoms with van der Waals surface area (Å²) in [6.07, 6.45) is -0.737. The van der Waals surface area contributed by atoms with Crippen molar-refractivity contribution in [3.63, 3.8) is 0 Å². The Balaban J connectivity index is 0. The fraction of sp³-hybridized carbons (Fsp3) is 0.714. The van der Waals surface area contributed by atoms with Gasteiger partial charge in [-0.3, -0.25) is 14.5 Å². The molecule has 0 aliphatic rings. The van der Waals surface area contributed by atoms with Crippen LogP contribution < -0.4 is 29.6 Å². The summed E-state index contributed by atoms with van der Waals surface area (Å²) < 4.78 is 0. The van der Waals surface area contributed by atoms with Crippen molar-refractivity contribution in [1.29, 1.82) is 0 Å². The van der Waals surface area contributed by atoms with Gasteiger partial charge in [-0.15, -0.1) is 0 Å². The van der Waals surface area contributed by atoms with Crippen LogP contribution in [0, 0.1) is 0 Å². The first kappa shape index (κ1) is 16.3. The molecule has 0 aliphatic heterocycles. The molecule has 14 heavy (non-hydrogen) atoms. The largest absolute Gasteiger partial charge is 1.00 e. The van der Waals surface area contributed by atoms with Crippen LogP contribution in [0.3, 0.4) is 0 Å². The van der Waals surface area contributed by atoms with Gasteiger partial charge in [-0.25, -0.2) is 0 Å². The van der Waals surface area contributed by atoms with Crippen LogP contribution in [0.2, 0.25) is 0 Å². The number of aliphatic carboxylic acids is 2. The van der Waals surface area contributed by atoms with Gasteiger partial charge in [0.1, 0.15) is 0 Å². The monoisotopic (exact) mass is 214 g/mol. The Hall–Kier alpha value is -0.140. The molecule has 0 heterocycles. The smallest absolute Gasteiger partial charge is 0.480 e. The number of rotatable bonds is 6. The van der Waals surface area contributed by atoms with Crippen LogP contribution in [0.1, 0.15) is 6.92 Å². The molecule has 1 unspecified atom stereocenters. The standard InChI is InChI=1S/C7H13NO5.Na/c1-5(9)2-8(3-6(10)11)4-7(12)13;/h5,9H,2-4H2,1H3,(H,10,11)(H,12,13);/q;+1. The number of nitrogens with zero attached hydrogens (tertiary/aromatic N) is 1. The maximum Gasteiger partial charge on any atom is 1.00 e. The summed E-state index contributed by atoms with van der Waals surface area (Å²) in [7, 11) is 0. The Morgan fingerprint density at radius 3 is 1.79 bits per heavy atom. The van der Waals surface area contributed by atoms with Gasteiger partial charge in [0.25, 0.3) is 0 Å². The molecule has 7 heteroatoms. The van der Waals surface area contributed by atoms with Gasteiger partial charge in [0.2, 0.25) is 0 Å². The molecule has 0 saturated carbocycles. The van der Waals surface area contributed by atoms with Crippen molar-refractivity contribution in [1.82, 2.24) is 4.90 Å². The minimum atomic E-state index is -1.11. The first-order valence-electron chi connectivity index (χ1n) is 3.76. The molecule has 76 valence electrons. The van der Waals surface area contributed by atoms with Crippen LogP contribution in [0.4, 0.5) is 0 Å². The second-order valence-corrected chi connectivity index (χ2v) is 2.81. The quantitative estimate of drug-likeness (QED) is 0.388. The van der Waals surface area contributed by atoms with Crippen molar-refractivity contribution in [2.24, 2.45) is 0 Å². The molecule has 0 aromatic heterocycles. The Labute approximate surface area is 104 Å². The second kappa shape index (κ2) is 8.19. The molecule has 6 nitrogen and oxygen atoms in total. The van der Waals surface area contributed by atoms with Gasteiger partial charge in [0.15, 0.2) is 0 Å². The zero-order valence-corrected chi connectivity index (χ0v) is 10.3. The summed E-state index contributed by atoms with van der Waals surface area (Å²) in [5, 5.41) is 25.7. The predicted molar refractivity (Wildman–Crippen MR) is 43.4 cm³/mol. The number of carbonyl (C=O) groups is 2. The molecule has 0 saturated heterocycles. The van der Waals surface area contributed by atoms with E-state index < -0.39 is 18.0 Å². The average molecular weight is 214 g/mol. The zero-order chi connectivity index (χ0) is 10.4. The van der Waals surface area contributed by atoms with E-state index in [2.05, 4.69) is 0 Å². The van der Waals surface area contributed by atoms with Gasteiger partial charge in [-0.1, -0.05) is 0 Å². The Kier molecular flexibility index (Phi) is 9.53. The number of aliphatic hydroxyl groups excluding tert-OH is 1. The van der Waals surface area contributed by atoms with Crippen LogP contribution in [0.5, 0.6) is 0 Å². The van der Waals surface area contributed by atoms with Gasteiger partial charge < -0.3 is 15.3 Å². The van der Waals surface area contributed by atoms with Gasteiger partial charge in [0, 0.05) is 6.54 Å². The number of hydrogen-bond acceptors (Lipinski definition) is 4. The van der Waals surface area contributed by atoms with E-state index in [0.717, 1.165) is 4.90 Å². The van der Waals surface area contributed by atoms with Crippen LogP contribution in [0.15, 0.2) is 0 Å². The molecular weight excluding hydrogens is 201 g/mol. The molecule has 3 N–H and O–H groups in total. The fourth-order valence-corrected chi connectivity index (χ4v) is 0.941. The van der Waals surface area contributed by atoms with Gasteiger partial charge >= 0.3 is 41.5 Å². The SMILES string of the molecule is CC(O)CN(CC(=O)O)CC(=O)O.[Na+]. The molecule has 0 spiro atoms. The van der Waals surface area contributed by atoms with Crippen LogP contribution in [-0.2, 0) is 9.59 Å². The predicted octanol–water partition coefficient (Wildman–Crippen LogP) is -4.16. The third-order valence-electron chi connectivity index (χ3n) is 1.24. The Morgan fingerprint density at radius 1 is 1.21 bits per heavy atom. The molecule has 0 aromatic rings. The van der Waals surface area contributed by atoms with E-state index in [1.807, 2.05) is 0 Å². The number of carboxylic acids is 2. The molecule has 0 fully saturated rings. The number of aliphatic hydroxyl groups is 1. The van der Waals surface area contributed by atoms with E-state index in [1.54, 1.807) is 0 Å². The van der Waals surface area contributed by atoms with Gasteiger partial charge in [-0.2, -0.15) is 0 Å². The summed E-state index contributed by atoms with van der Waals surface area (Å²) in [6, 6.07) is 0. The second-order valence-electron chi connectivity index (χ2n) is 2.81. The van der Waals surface area contributed by atoms with E-state index in [0.29, 0.717) is 0 Å². The zero-order valence-electron chi connectivity index (χ0n) is 8.30. The molecule has 0 aliphatic carbocycles. The molecule has 0 radical (unpaired) electrons. The van der Waals surface area contributed by atoms with Crippen LogP contribution in [0.25, 0.3) is 0 Å². The van der Waals surface area contributed by atoms with E-state index in [1.165, 1.54) is 6.92 Å². The van der Waals surface area contributed by atoms with E-state index in [9.17, 15) is 9.59 Å².